The number of allylic oxidation sites excluding steroid dienone is 2. The van der Waals surface area contributed by atoms with Crippen LogP contribution in [0.5, 0.6) is 0 Å². The lowest BCUT2D eigenvalue weighted by Gasteiger charge is -2.07. The van der Waals surface area contributed by atoms with Gasteiger partial charge in [0, 0.05) is 0 Å². The van der Waals surface area contributed by atoms with E-state index in [9.17, 15) is 0 Å². The van der Waals surface area contributed by atoms with Crippen molar-refractivity contribution in [3.05, 3.63) is 24.0 Å². The van der Waals surface area contributed by atoms with Crippen LogP contribution in [-0.2, 0) is 9.47 Å². The number of hydrogen-bond acceptors (Lipinski definition) is 3. The first-order valence-corrected chi connectivity index (χ1v) is 6.26. The lowest BCUT2D eigenvalue weighted by Crippen LogP contribution is -2.17. The Morgan fingerprint density at radius 2 is 2.24 bits per heavy atom. The molecule has 1 aliphatic heterocycles. The molecule has 0 radical (unpaired) electrons. The van der Waals surface area contributed by atoms with Gasteiger partial charge in [0.15, 0.2) is 5.76 Å². The van der Waals surface area contributed by atoms with E-state index in [0.717, 1.165) is 18.6 Å². The predicted molar refractivity (Wildman–Crippen MR) is 71.2 cm³/mol. The standard InChI is InChI=1S/C14H23NO2/c1-5-7-8-9-10-16-12(6-2)13-15-14(3,4)11-17-13/h6,8-9H,5,7,10-11H2,1-4H3/b9-8-,12-6+. The fraction of sp³-hybridized carbons (Fsp3) is 0.643. The summed E-state index contributed by atoms with van der Waals surface area (Å²) in [5.41, 5.74) is -0.134. The molecule has 0 aromatic heterocycles. The predicted octanol–water partition coefficient (Wildman–Crippen LogP) is 3.47. The summed E-state index contributed by atoms with van der Waals surface area (Å²) < 4.78 is 11.2. The van der Waals surface area contributed by atoms with Gasteiger partial charge in [0.25, 0.3) is 5.90 Å². The van der Waals surface area contributed by atoms with E-state index in [1.165, 1.54) is 0 Å². The molecule has 17 heavy (non-hydrogen) atoms. The van der Waals surface area contributed by atoms with Gasteiger partial charge >= 0.3 is 0 Å². The van der Waals surface area contributed by atoms with Crippen molar-refractivity contribution in [3.8, 4) is 0 Å². The minimum absolute atomic E-state index is 0.134. The molecule has 0 atom stereocenters. The molecular weight excluding hydrogens is 214 g/mol. The Morgan fingerprint density at radius 3 is 2.76 bits per heavy atom. The summed E-state index contributed by atoms with van der Waals surface area (Å²) in [5.74, 6) is 1.36. The van der Waals surface area contributed by atoms with Crippen LogP contribution in [0.15, 0.2) is 29.0 Å². The van der Waals surface area contributed by atoms with Crippen molar-refractivity contribution >= 4 is 5.90 Å². The SMILES string of the molecule is C/C=C(/OC/C=C\CCC)C1=NC(C)(C)CO1. The summed E-state index contributed by atoms with van der Waals surface area (Å²) in [6.45, 7) is 9.38. The Morgan fingerprint density at radius 1 is 1.47 bits per heavy atom. The van der Waals surface area contributed by atoms with Crippen molar-refractivity contribution in [1.82, 2.24) is 0 Å². The third-order valence-electron chi connectivity index (χ3n) is 2.40. The fourth-order valence-electron chi connectivity index (χ4n) is 1.47. The highest BCUT2D eigenvalue weighted by Crippen LogP contribution is 2.20. The van der Waals surface area contributed by atoms with Crippen LogP contribution in [-0.4, -0.2) is 24.7 Å². The first-order chi connectivity index (χ1) is 8.09. The van der Waals surface area contributed by atoms with Gasteiger partial charge in [-0.1, -0.05) is 25.5 Å². The summed E-state index contributed by atoms with van der Waals surface area (Å²) in [7, 11) is 0. The zero-order valence-corrected chi connectivity index (χ0v) is 11.3. The second kappa shape index (κ2) is 6.48. The van der Waals surface area contributed by atoms with E-state index in [0.29, 0.717) is 19.1 Å². The monoisotopic (exact) mass is 237 g/mol. The molecule has 0 aromatic carbocycles. The second-order valence-corrected chi connectivity index (χ2v) is 4.74. The smallest absolute Gasteiger partial charge is 0.252 e. The van der Waals surface area contributed by atoms with Crippen LogP contribution in [0.1, 0.15) is 40.5 Å². The van der Waals surface area contributed by atoms with Crippen LogP contribution >= 0.6 is 0 Å². The molecule has 0 bridgehead atoms. The lowest BCUT2D eigenvalue weighted by atomic mass is 10.1. The Kier molecular flexibility index (Phi) is 5.26. The molecule has 3 nitrogen and oxygen atoms in total. The summed E-state index contributed by atoms with van der Waals surface area (Å²) in [4.78, 5) is 4.48. The maximum atomic E-state index is 5.63. The molecule has 0 amide bonds. The summed E-state index contributed by atoms with van der Waals surface area (Å²) >= 11 is 0. The maximum Gasteiger partial charge on any atom is 0.252 e. The Hall–Kier alpha value is -1.25. The average molecular weight is 237 g/mol. The average Bonchev–Trinajstić information content (AvgIpc) is 2.64. The summed E-state index contributed by atoms with van der Waals surface area (Å²) in [6, 6.07) is 0. The molecule has 0 N–H and O–H groups in total. The summed E-state index contributed by atoms with van der Waals surface area (Å²) in [5, 5.41) is 0. The molecule has 0 spiro atoms. The number of ether oxygens (including phenoxy) is 2. The lowest BCUT2D eigenvalue weighted by molar-refractivity contribution is 0.232. The minimum Gasteiger partial charge on any atom is -0.484 e. The number of rotatable bonds is 6. The van der Waals surface area contributed by atoms with Gasteiger partial charge in [0.1, 0.15) is 13.2 Å². The van der Waals surface area contributed by atoms with Crippen molar-refractivity contribution in [2.45, 2.75) is 46.1 Å². The van der Waals surface area contributed by atoms with Gasteiger partial charge in [-0.15, -0.1) is 0 Å². The molecule has 0 fully saturated rings. The number of nitrogens with zero attached hydrogens (tertiary/aromatic N) is 1. The van der Waals surface area contributed by atoms with E-state index in [1.54, 1.807) is 0 Å². The van der Waals surface area contributed by atoms with E-state index in [4.69, 9.17) is 9.47 Å². The van der Waals surface area contributed by atoms with Crippen molar-refractivity contribution in [2.75, 3.05) is 13.2 Å². The molecule has 1 aliphatic rings. The van der Waals surface area contributed by atoms with Crippen LogP contribution in [0.2, 0.25) is 0 Å². The van der Waals surface area contributed by atoms with Crippen molar-refractivity contribution in [3.63, 3.8) is 0 Å². The normalized spacial score (nSPS) is 19.3. The van der Waals surface area contributed by atoms with Crippen LogP contribution < -0.4 is 0 Å². The van der Waals surface area contributed by atoms with E-state index >= 15 is 0 Å². The first-order valence-electron chi connectivity index (χ1n) is 6.26. The molecular formula is C14H23NO2. The van der Waals surface area contributed by atoms with Crippen molar-refractivity contribution in [2.24, 2.45) is 4.99 Å². The fourth-order valence-corrected chi connectivity index (χ4v) is 1.47. The highest BCUT2D eigenvalue weighted by molar-refractivity contribution is 5.92. The van der Waals surface area contributed by atoms with Crippen LogP contribution in [0.3, 0.4) is 0 Å². The van der Waals surface area contributed by atoms with Crippen LogP contribution in [0.4, 0.5) is 0 Å². The molecule has 96 valence electrons. The quantitative estimate of drug-likeness (QED) is 0.523. The molecule has 3 heteroatoms. The molecule has 0 saturated carbocycles. The van der Waals surface area contributed by atoms with Gasteiger partial charge < -0.3 is 9.47 Å². The molecule has 0 aromatic rings. The zero-order valence-electron chi connectivity index (χ0n) is 11.3. The Balaban J connectivity index is 2.46. The highest BCUT2D eigenvalue weighted by atomic mass is 16.5. The van der Waals surface area contributed by atoms with E-state index in [2.05, 4.69) is 31.8 Å². The maximum absolute atomic E-state index is 5.63. The molecule has 0 saturated heterocycles. The Bertz CT molecular complexity index is 327. The van der Waals surface area contributed by atoms with Gasteiger partial charge in [-0.3, -0.25) is 0 Å². The van der Waals surface area contributed by atoms with Crippen LogP contribution in [0, 0.1) is 0 Å². The van der Waals surface area contributed by atoms with Gasteiger partial charge in [-0.25, -0.2) is 4.99 Å². The van der Waals surface area contributed by atoms with E-state index in [-0.39, 0.29) is 5.54 Å². The third-order valence-corrected chi connectivity index (χ3v) is 2.40. The Labute approximate surface area is 104 Å². The molecule has 1 rings (SSSR count). The van der Waals surface area contributed by atoms with Gasteiger partial charge in [0.2, 0.25) is 0 Å². The topological polar surface area (TPSA) is 30.8 Å². The van der Waals surface area contributed by atoms with E-state index < -0.39 is 0 Å². The van der Waals surface area contributed by atoms with Gasteiger partial charge in [0.05, 0.1) is 5.54 Å². The van der Waals surface area contributed by atoms with Gasteiger partial charge in [-0.2, -0.15) is 0 Å². The highest BCUT2D eigenvalue weighted by Gasteiger charge is 2.28. The molecule has 1 heterocycles. The van der Waals surface area contributed by atoms with Crippen molar-refractivity contribution < 1.29 is 9.47 Å². The molecule has 0 aliphatic carbocycles. The largest absolute Gasteiger partial charge is 0.484 e. The second-order valence-electron chi connectivity index (χ2n) is 4.74. The van der Waals surface area contributed by atoms with Crippen molar-refractivity contribution in [1.29, 1.82) is 0 Å². The first kappa shape index (κ1) is 13.8. The number of aliphatic imine (C=N–C) groups is 1. The van der Waals surface area contributed by atoms with Crippen LogP contribution in [0.25, 0.3) is 0 Å². The van der Waals surface area contributed by atoms with E-state index in [1.807, 2.05) is 19.1 Å². The van der Waals surface area contributed by atoms with Gasteiger partial charge in [-0.05, 0) is 33.3 Å². The minimum atomic E-state index is -0.134. The molecule has 0 unspecified atom stereocenters. The number of unbranched alkanes of at least 4 members (excludes halogenated alkanes) is 1. The third kappa shape index (κ3) is 4.63. The zero-order chi connectivity index (χ0) is 12.7. The summed E-state index contributed by atoms with van der Waals surface area (Å²) in [6.07, 6.45) is 8.33. The number of hydrogen-bond donors (Lipinski definition) is 0.